The van der Waals surface area contributed by atoms with Gasteiger partial charge in [-0.2, -0.15) is 0 Å². The lowest BCUT2D eigenvalue weighted by atomic mass is 10.1. The molecule has 0 spiro atoms. The molecule has 0 bridgehead atoms. The van der Waals surface area contributed by atoms with Crippen molar-refractivity contribution in [2.45, 2.75) is 13.8 Å². The van der Waals surface area contributed by atoms with Crippen LogP contribution in [-0.2, 0) is 0 Å². The highest BCUT2D eigenvalue weighted by Gasteiger charge is 2.18. The Morgan fingerprint density at radius 3 is 2.93 bits per heavy atom. The Hall–Kier alpha value is -0.890. The molecule has 0 fully saturated rings. The first-order valence-electron chi connectivity index (χ1n) is 5.33. The van der Waals surface area contributed by atoms with Gasteiger partial charge in [0.25, 0.3) is 0 Å². The van der Waals surface area contributed by atoms with E-state index >= 15 is 0 Å². The van der Waals surface area contributed by atoms with Crippen LogP contribution in [0.2, 0.25) is 5.02 Å². The van der Waals surface area contributed by atoms with Gasteiger partial charge in [0.05, 0.1) is 16.4 Å². The molecule has 2 nitrogen and oxygen atoms in total. The van der Waals surface area contributed by atoms with E-state index in [2.05, 4.69) is 37.2 Å². The molecular weight excluding hydrogens is 208 g/mol. The molecule has 3 heteroatoms. The summed E-state index contributed by atoms with van der Waals surface area (Å²) in [4.78, 5) is 2.28. The quantitative estimate of drug-likeness (QED) is 0.729. The predicted molar refractivity (Wildman–Crippen MR) is 67.1 cm³/mol. The number of hydrogen-bond acceptors (Lipinski definition) is 2. The average molecular weight is 225 g/mol. The lowest BCUT2D eigenvalue weighted by Gasteiger charge is -2.21. The van der Waals surface area contributed by atoms with Crippen LogP contribution in [0.4, 0.5) is 11.4 Å². The van der Waals surface area contributed by atoms with Crippen molar-refractivity contribution in [3.8, 4) is 0 Å². The van der Waals surface area contributed by atoms with E-state index in [-0.39, 0.29) is 0 Å². The number of aryl methyl sites for hydroxylation is 1. The van der Waals surface area contributed by atoms with E-state index in [4.69, 9.17) is 11.6 Å². The molecule has 1 aliphatic rings. The SMILES string of the molecule is Cc1cc(Cl)c2c(c1)N(C)CC(C)CN2. The fourth-order valence-corrected chi connectivity index (χ4v) is 2.44. The highest BCUT2D eigenvalue weighted by atomic mass is 35.5. The Bertz CT molecular complexity index is 376. The highest BCUT2D eigenvalue weighted by molar-refractivity contribution is 6.34. The molecule has 1 aromatic rings. The number of hydrogen-bond donors (Lipinski definition) is 1. The molecular formula is C12H17ClN2. The molecule has 1 heterocycles. The number of anilines is 2. The fourth-order valence-electron chi connectivity index (χ4n) is 2.11. The van der Waals surface area contributed by atoms with Crippen LogP contribution < -0.4 is 10.2 Å². The van der Waals surface area contributed by atoms with Crippen LogP contribution in [0.15, 0.2) is 12.1 Å². The molecule has 0 aliphatic carbocycles. The van der Waals surface area contributed by atoms with Gasteiger partial charge < -0.3 is 10.2 Å². The van der Waals surface area contributed by atoms with Crippen LogP contribution in [0.3, 0.4) is 0 Å². The summed E-state index contributed by atoms with van der Waals surface area (Å²) in [5.74, 6) is 0.638. The van der Waals surface area contributed by atoms with Crippen LogP contribution in [0, 0.1) is 12.8 Å². The molecule has 0 aromatic heterocycles. The van der Waals surface area contributed by atoms with Crippen molar-refractivity contribution in [1.29, 1.82) is 0 Å². The molecule has 0 radical (unpaired) electrons. The first-order valence-corrected chi connectivity index (χ1v) is 5.71. The molecule has 1 atom stereocenters. The van der Waals surface area contributed by atoms with Crippen molar-refractivity contribution in [2.75, 3.05) is 30.4 Å². The Morgan fingerprint density at radius 2 is 2.20 bits per heavy atom. The van der Waals surface area contributed by atoms with Crippen LogP contribution in [0.5, 0.6) is 0 Å². The maximum atomic E-state index is 6.24. The summed E-state index contributed by atoms with van der Waals surface area (Å²) < 4.78 is 0. The van der Waals surface area contributed by atoms with E-state index in [1.165, 1.54) is 11.3 Å². The minimum Gasteiger partial charge on any atom is -0.382 e. The molecule has 1 N–H and O–H groups in total. The third-order valence-corrected chi connectivity index (χ3v) is 3.14. The molecule has 0 saturated heterocycles. The van der Waals surface area contributed by atoms with Crippen molar-refractivity contribution < 1.29 is 0 Å². The molecule has 82 valence electrons. The van der Waals surface area contributed by atoms with Gasteiger partial charge in [0.15, 0.2) is 0 Å². The van der Waals surface area contributed by atoms with Gasteiger partial charge >= 0.3 is 0 Å². The van der Waals surface area contributed by atoms with Crippen LogP contribution in [0.1, 0.15) is 12.5 Å². The summed E-state index contributed by atoms with van der Waals surface area (Å²) in [5, 5.41) is 4.25. The van der Waals surface area contributed by atoms with Gasteiger partial charge in [-0.15, -0.1) is 0 Å². The van der Waals surface area contributed by atoms with Crippen LogP contribution >= 0.6 is 11.6 Å². The molecule has 0 amide bonds. The van der Waals surface area contributed by atoms with E-state index in [1.807, 2.05) is 6.07 Å². The summed E-state index contributed by atoms with van der Waals surface area (Å²) in [6, 6.07) is 4.20. The summed E-state index contributed by atoms with van der Waals surface area (Å²) in [6.07, 6.45) is 0. The molecule has 15 heavy (non-hydrogen) atoms. The monoisotopic (exact) mass is 224 g/mol. The smallest absolute Gasteiger partial charge is 0.0767 e. The topological polar surface area (TPSA) is 15.3 Å². The molecule has 1 aromatic carbocycles. The number of benzene rings is 1. The standard InChI is InChI=1S/C12H17ClN2/c1-8-4-10(13)12-11(5-8)15(3)7-9(2)6-14-12/h4-5,9,14H,6-7H2,1-3H3. The summed E-state index contributed by atoms with van der Waals surface area (Å²) in [6.45, 7) is 6.38. The van der Waals surface area contributed by atoms with Gasteiger partial charge in [0, 0.05) is 20.1 Å². The van der Waals surface area contributed by atoms with Gasteiger partial charge in [-0.05, 0) is 30.5 Å². The third-order valence-electron chi connectivity index (χ3n) is 2.84. The second kappa shape index (κ2) is 3.93. The van der Waals surface area contributed by atoms with Gasteiger partial charge in [-0.25, -0.2) is 0 Å². The van der Waals surface area contributed by atoms with E-state index in [0.717, 1.165) is 23.8 Å². The van der Waals surface area contributed by atoms with Crippen molar-refractivity contribution >= 4 is 23.0 Å². The van der Waals surface area contributed by atoms with Crippen molar-refractivity contribution in [3.63, 3.8) is 0 Å². The zero-order valence-corrected chi connectivity index (χ0v) is 10.2. The summed E-state index contributed by atoms with van der Waals surface area (Å²) in [5.41, 5.74) is 3.50. The normalized spacial score (nSPS) is 20.5. The van der Waals surface area contributed by atoms with E-state index in [1.54, 1.807) is 0 Å². The Balaban J connectivity index is 2.48. The fraction of sp³-hybridized carbons (Fsp3) is 0.500. The third kappa shape index (κ3) is 2.05. The molecule has 2 rings (SSSR count). The zero-order valence-electron chi connectivity index (χ0n) is 9.47. The minimum absolute atomic E-state index is 0.638. The number of rotatable bonds is 0. The summed E-state index contributed by atoms with van der Waals surface area (Å²) in [7, 11) is 2.12. The van der Waals surface area contributed by atoms with Gasteiger partial charge in [-0.1, -0.05) is 18.5 Å². The summed E-state index contributed by atoms with van der Waals surface area (Å²) >= 11 is 6.24. The van der Waals surface area contributed by atoms with E-state index in [0.29, 0.717) is 5.92 Å². The van der Waals surface area contributed by atoms with Crippen molar-refractivity contribution in [2.24, 2.45) is 5.92 Å². The largest absolute Gasteiger partial charge is 0.382 e. The molecule has 0 saturated carbocycles. The number of nitrogens with one attached hydrogen (secondary N) is 1. The highest BCUT2D eigenvalue weighted by Crippen LogP contribution is 2.36. The van der Waals surface area contributed by atoms with Crippen molar-refractivity contribution in [1.82, 2.24) is 0 Å². The van der Waals surface area contributed by atoms with Crippen molar-refractivity contribution in [3.05, 3.63) is 22.7 Å². The van der Waals surface area contributed by atoms with Crippen LogP contribution in [0.25, 0.3) is 0 Å². The second-order valence-corrected chi connectivity index (χ2v) is 4.91. The maximum absolute atomic E-state index is 6.24. The molecule has 1 unspecified atom stereocenters. The van der Waals surface area contributed by atoms with E-state index < -0.39 is 0 Å². The van der Waals surface area contributed by atoms with Crippen LogP contribution in [-0.4, -0.2) is 20.1 Å². The number of fused-ring (bicyclic) bond motifs is 1. The zero-order chi connectivity index (χ0) is 11.0. The Morgan fingerprint density at radius 1 is 1.47 bits per heavy atom. The first-order chi connectivity index (χ1) is 7.08. The average Bonchev–Trinajstić information content (AvgIpc) is 2.27. The Kier molecular flexibility index (Phi) is 2.79. The lowest BCUT2D eigenvalue weighted by Crippen LogP contribution is -2.24. The maximum Gasteiger partial charge on any atom is 0.0767 e. The lowest BCUT2D eigenvalue weighted by molar-refractivity contribution is 0.618. The minimum atomic E-state index is 0.638. The predicted octanol–water partition coefficient (Wildman–Crippen LogP) is 3.15. The first kappa shape index (κ1) is 10.6. The number of nitrogens with zero attached hydrogens (tertiary/aromatic N) is 1. The number of halogens is 1. The van der Waals surface area contributed by atoms with E-state index in [9.17, 15) is 0 Å². The molecule has 1 aliphatic heterocycles. The van der Waals surface area contributed by atoms with Gasteiger partial charge in [-0.3, -0.25) is 0 Å². The van der Waals surface area contributed by atoms with Gasteiger partial charge in [0.1, 0.15) is 0 Å². The Labute approximate surface area is 96.2 Å². The van der Waals surface area contributed by atoms with Gasteiger partial charge in [0.2, 0.25) is 0 Å². The second-order valence-electron chi connectivity index (χ2n) is 4.51.